The summed E-state index contributed by atoms with van der Waals surface area (Å²) in [5, 5.41) is 4.83. The Balaban J connectivity index is 1.49. The van der Waals surface area contributed by atoms with Crippen LogP contribution >= 0.6 is 23.4 Å². The Bertz CT molecular complexity index is 1320. The first kappa shape index (κ1) is 20.2. The number of amides is 1. The van der Waals surface area contributed by atoms with Crippen molar-refractivity contribution in [1.29, 1.82) is 0 Å². The number of furan rings is 1. The van der Waals surface area contributed by atoms with E-state index in [9.17, 15) is 9.59 Å². The standard InChI is InChI=1S/C23H20ClN3O3S/c24-14-9-11-15(12-10-14)25-19(28)13-31-23-26-20-17-7-3-4-8-18(17)30-21(20)22(29)27(23)16-5-1-2-6-16/h3-4,7-12,16H,1-2,5-6,13H2,(H,25,28). The van der Waals surface area contributed by atoms with Gasteiger partial charge >= 0.3 is 0 Å². The molecule has 1 fully saturated rings. The molecule has 2 aromatic heterocycles. The average molecular weight is 454 g/mol. The topological polar surface area (TPSA) is 77.1 Å². The van der Waals surface area contributed by atoms with Crippen LogP contribution in [-0.2, 0) is 4.79 Å². The predicted molar refractivity (Wildman–Crippen MR) is 124 cm³/mol. The summed E-state index contributed by atoms with van der Waals surface area (Å²) in [5.41, 5.74) is 1.97. The van der Waals surface area contributed by atoms with Crippen molar-refractivity contribution in [3.8, 4) is 0 Å². The van der Waals surface area contributed by atoms with E-state index in [-0.39, 0.29) is 28.8 Å². The van der Waals surface area contributed by atoms with Gasteiger partial charge in [0.05, 0.1) is 5.75 Å². The highest BCUT2D eigenvalue weighted by molar-refractivity contribution is 7.99. The molecule has 2 heterocycles. The monoisotopic (exact) mass is 453 g/mol. The van der Waals surface area contributed by atoms with Gasteiger partial charge in [-0.05, 0) is 49.2 Å². The second-order valence-corrected chi connectivity index (χ2v) is 9.01. The van der Waals surface area contributed by atoms with Crippen molar-refractivity contribution in [3.63, 3.8) is 0 Å². The summed E-state index contributed by atoms with van der Waals surface area (Å²) in [6.07, 6.45) is 4.02. The van der Waals surface area contributed by atoms with Gasteiger partial charge in [0.1, 0.15) is 11.1 Å². The van der Waals surface area contributed by atoms with Crippen LogP contribution in [0.4, 0.5) is 5.69 Å². The second kappa shape index (κ2) is 8.40. The van der Waals surface area contributed by atoms with E-state index >= 15 is 0 Å². The van der Waals surface area contributed by atoms with Gasteiger partial charge in [-0.3, -0.25) is 14.2 Å². The molecule has 6 nitrogen and oxygen atoms in total. The number of hydrogen-bond acceptors (Lipinski definition) is 5. The number of rotatable bonds is 5. The lowest BCUT2D eigenvalue weighted by Gasteiger charge is -2.17. The Labute approximate surface area is 187 Å². The van der Waals surface area contributed by atoms with Crippen LogP contribution in [0.15, 0.2) is 62.9 Å². The smallest absolute Gasteiger partial charge is 0.298 e. The van der Waals surface area contributed by atoms with Gasteiger partial charge in [0.2, 0.25) is 11.5 Å². The van der Waals surface area contributed by atoms with E-state index in [1.165, 1.54) is 11.8 Å². The molecular formula is C23H20ClN3O3S. The Morgan fingerprint density at radius 3 is 2.68 bits per heavy atom. The van der Waals surface area contributed by atoms with Gasteiger partial charge in [-0.1, -0.05) is 48.3 Å². The molecule has 0 bridgehead atoms. The highest BCUT2D eigenvalue weighted by Gasteiger charge is 2.25. The van der Waals surface area contributed by atoms with Crippen LogP contribution in [0.1, 0.15) is 31.7 Å². The molecule has 0 aliphatic heterocycles. The summed E-state index contributed by atoms with van der Waals surface area (Å²) in [4.78, 5) is 30.7. The number of benzene rings is 2. The molecule has 5 rings (SSSR count). The number of hydrogen-bond donors (Lipinski definition) is 1. The highest BCUT2D eigenvalue weighted by atomic mass is 35.5. The average Bonchev–Trinajstić information content (AvgIpc) is 3.42. The Morgan fingerprint density at radius 2 is 1.90 bits per heavy atom. The molecule has 0 unspecified atom stereocenters. The quantitative estimate of drug-likeness (QED) is 0.312. The molecule has 158 valence electrons. The number of aromatic nitrogens is 2. The number of halogens is 1. The maximum atomic E-state index is 13.4. The number of thioether (sulfide) groups is 1. The van der Waals surface area contributed by atoms with Crippen LogP contribution in [0.2, 0.25) is 5.02 Å². The van der Waals surface area contributed by atoms with E-state index in [0.717, 1.165) is 31.1 Å². The van der Waals surface area contributed by atoms with Crippen LogP contribution in [0.3, 0.4) is 0 Å². The van der Waals surface area contributed by atoms with E-state index in [1.54, 1.807) is 28.8 Å². The van der Waals surface area contributed by atoms with Gasteiger partial charge in [-0.15, -0.1) is 0 Å². The summed E-state index contributed by atoms with van der Waals surface area (Å²) >= 11 is 7.18. The van der Waals surface area contributed by atoms with Crippen molar-refractivity contribution in [1.82, 2.24) is 9.55 Å². The minimum Gasteiger partial charge on any atom is -0.448 e. The molecule has 1 aliphatic rings. The Morgan fingerprint density at radius 1 is 1.16 bits per heavy atom. The minimum atomic E-state index is -0.172. The molecule has 1 amide bonds. The van der Waals surface area contributed by atoms with E-state index < -0.39 is 0 Å². The molecule has 1 N–H and O–H groups in total. The van der Waals surface area contributed by atoms with Gasteiger partial charge in [0.25, 0.3) is 5.56 Å². The first-order chi connectivity index (χ1) is 15.1. The molecule has 0 atom stereocenters. The van der Waals surface area contributed by atoms with Crippen LogP contribution in [0.25, 0.3) is 22.1 Å². The molecule has 31 heavy (non-hydrogen) atoms. The summed E-state index contributed by atoms with van der Waals surface area (Å²) in [7, 11) is 0. The molecule has 4 aromatic rings. The van der Waals surface area contributed by atoms with E-state index in [4.69, 9.17) is 21.0 Å². The Kier molecular flexibility index (Phi) is 5.46. The third kappa shape index (κ3) is 3.95. The fourth-order valence-electron chi connectivity index (χ4n) is 4.08. The van der Waals surface area contributed by atoms with Crippen molar-refractivity contribution in [3.05, 3.63) is 63.9 Å². The normalized spacial score (nSPS) is 14.5. The fraction of sp³-hybridized carbons (Fsp3) is 0.261. The van der Waals surface area contributed by atoms with Gasteiger partial charge in [-0.2, -0.15) is 0 Å². The third-order valence-corrected chi connectivity index (χ3v) is 6.75. The Hall–Kier alpha value is -2.77. The van der Waals surface area contributed by atoms with Crippen molar-refractivity contribution < 1.29 is 9.21 Å². The van der Waals surface area contributed by atoms with Crippen LogP contribution in [0, 0.1) is 0 Å². The van der Waals surface area contributed by atoms with Crippen LogP contribution in [-0.4, -0.2) is 21.2 Å². The summed E-state index contributed by atoms with van der Waals surface area (Å²) < 4.78 is 7.59. The number of carbonyl (C=O) groups excluding carboxylic acids is 1. The molecule has 0 spiro atoms. The summed E-state index contributed by atoms with van der Waals surface area (Å²) in [5.74, 6) is -0.0278. The molecule has 8 heteroatoms. The molecular weight excluding hydrogens is 434 g/mol. The SMILES string of the molecule is O=C(CSc1nc2c(oc3ccccc32)c(=O)n1C1CCCC1)Nc1ccc(Cl)cc1. The molecule has 2 aromatic carbocycles. The summed E-state index contributed by atoms with van der Waals surface area (Å²) in [6.45, 7) is 0. The number of anilines is 1. The van der Waals surface area contributed by atoms with E-state index in [1.807, 2.05) is 24.3 Å². The van der Waals surface area contributed by atoms with Crippen LogP contribution in [0.5, 0.6) is 0 Å². The lowest BCUT2D eigenvalue weighted by atomic mass is 10.2. The summed E-state index contributed by atoms with van der Waals surface area (Å²) in [6, 6.07) is 14.5. The predicted octanol–water partition coefficient (Wildman–Crippen LogP) is 5.64. The van der Waals surface area contributed by atoms with E-state index in [2.05, 4.69) is 5.32 Å². The lowest BCUT2D eigenvalue weighted by molar-refractivity contribution is -0.113. The zero-order chi connectivity index (χ0) is 21.4. The van der Waals surface area contributed by atoms with Crippen molar-refractivity contribution >= 4 is 57.0 Å². The number of fused-ring (bicyclic) bond motifs is 3. The first-order valence-corrected chi connectivity index (χ1v) is 11.6. The fourth-order valence-corrected chi connectivity index (χ4v) is 5.07. The minimum absolute atomic E-state index is 0.0828. The zero-order valence-electron chi connectivity index (χ0n) is 16.6. The highest BCUT2D eigenvalue weighted by Crippen LogP contribution is 2.34. The van der Waals surface area contributed by atoms with Crippen molar-refractivity contribution in [2.45, 2.75) is 36.9 Å². The maximum absolute atomic E-state index is 13.4. The number of nitrogens with one attached hydrogen (secondary N) is 1. The maximum Gasteiger partial charge on any atom is 0.298 e. The van der Waals surface area contributed by atoms with Gasteiger partial charge in [-0.25, -0.2) is 4.98 Å². The second-order valence-electron chi connectivity index (χ2n) is 7.63. The molecule has 1 aliphatic carbocycles. The third-order valence-electron chi connectivity index (χ3n) is 5.55. The van der Waals surface area contributed by atoms with Crippen molar-refractivity contribution in [2.24, 2.45) is 0 Å². The van der Waals surface area contributed by atoms with Gasteiger partial charge in [0.15, 0.2) is 5.16 Å². The number of nitrogens with zero attached hydrogens (tertiary/aromatic N) is 2. The molecule has 1 saturated carbocycles. The zero-order valence-corrected chi connectivity index (χ0v) is 18.2. The largest absolute Gasteiger partial charge is 0.448 e. The first-order valence-electron chi connectivity index (χ1n) is 10.2. The molecule has 0 radical (unpaired) electrons. The van der Waals surface area contributed by atoms with Crippen LogP contribution < -0.4 is 10.9 Å². The lowest BCUT2D eigenvalue weighted by Crippen LogP contribution is -2.26. The number of para-hydroxylation sites is 1. The van der Waals surface area contributed by atoms with Crippen molar-refractivity contribution in [2.75, 3.05) is 11.1 Å². The van der Waals surface area contributed by atoms with Gasteiger partial charge in [0, 0.05) is 22.1 Å². The number of carbonyl (C=O) groups is 1. The van der Waals surface area contributed by atoms with E-state index in [0.29, 0.717) is 27.0 Å². The van der Waals surface area contributed by atoms with Gasteiger partial charge < -0.3 is 9.73 Å². The molecule has 0 saturated heterocycles.